The molecule has 4 aromatic rings. The summed E-state index contributed by atoms with van der Waals surface area (Å²) in [5.41, 5.74) is 1.12. The van der Waals surface area contributed by atoms with Gasteiger partial charge in [-0.25, -0.2) is 19.3 Å². The van der Waals surface area contributed by atoms with Gasteiger partial charge in [-0.15, -0.1) is 0 Å². The molecular formula is C49H57BrClFN10O9. The van der Waals surface area contributed by atoms with Crippen molar-refractivity contribution in [3.63, 3.8) is 0 Å². The molecule has 2 saturated carbocycles. The maximum absolute atomic E-state index is 14.7. The molecule has 10 rings (SSSR count). The van der Waals surface area contributed by atoms with Gasteiger partial charge in [0.25, 0.3) is 0 Å². The minimum atomic E-state index is -1.36. The first-order chi connectivity index (χ1) is 34.2. The molecule has 2 amide bonds. The highest BCUT2D eigenvalue weighted by Gasteiger charge is 2.60. The minimum absolute atomic E-state index is 0.0125. The summed E-state index contributed by atoms with van der Waals surface area (Å²) in [5.74, 6) is 1.81. The van der Waals surface area contributed by atoms with Crippen molar-refractivity contribution in [2.24, 2.45) is 11.8 Å². The summed E-state index contributed by atoms with van der Waals surface area (Å²) in [5, 5.41) is 36.5. The second-order valence-corrected chi connectivity index (χ2v) is 20.9. The number of aromatic nitrogens is 6. The van der Waals surface area contributed by atoms with E-state index in [4.69, 9.17) is 40.5 Å². The van der Waals surface area contributed by atoms with E-state index in [1.54, 1.807) is 18.2 Å². The number of ketones is 1. The number of carbonyl (C=O) groups is 3. The van der Waals surface area contributed by atoms with Crippen molar-refractivity contribution in [2.45, 2.75) is 131 Å². The summed E-state index contributed by atoms with van der Waals surface area (Å²) < 4.78 is 39.9. The van der Waals surface area contributed by atoms with Crippen LogP contribution in [0.15, 0.2) is 60.7 Å². The summed E-state index contributed by atoms with van der Waals surface area (Å²) in [6, 6.07) is 5.12. The Morgan fingerprint density at radius 2 is 1.77 bits per heavy atom. The van der Waals surface area contributed by atoms with Gasteiger partial charge in [0, 0.05) is 48.7 Å². The number of hydrogen-bond donors (Lipinski definition) is 5. The molecule has 3 aromatic heterocycles. The number of aliphatic hydroxyl groups excluding tert-OH is 2. The van der Waals surface area contributed by atoms with Gasteiger partial charge in [-0.05, 0) is 87.0 Å². The van der Waals surface area contributed by atoms with Gasteiger partial charge in [0.2, 0.25) is 23.6 Å². The zero-order chi connectivity index (χ0) is 49.6. The molecule has 2 bridgehead atoms. The third-order valence-corrected chi connectivity index (χ3v) is 15.7. The lowest BCUT2D eigenvalue weighted by Crippen LogP contribution is -2.64. The number of fused-ring (bicyclic) bond motifs is 3. The number of aliphatic hydroxyl groups is 2. The molecule has 71 heavy (non-hydrogen) atoms. The van der Waals surface area contributed by atoms with Gasteiger partial charge in [0.1, 0.15) is 70.1 Å². The molecule has 1 unspecified atom stereocenters. The van der Waals surface area contributed by atoms with Crippen LogP contribution in [0, 0.1) is 11.8 Å². The smallest absolute Gasteiger partial charge is 0.248 e. The number of nitrogens with one attached hydrogen (secondary N) is 3. The Labute approximate surface area is 422 Å². The number of rotatable bonds is 14. The van der Waals surface area contributed by atoms with Crippen molar-refractivity contribution in [1.82, 2.24) is 45.2 Å². The fourth-order valence-corrected chi connectivity index (χ4v) is 11.7. The summed E-state index contributed by atoms with van der Waals surface area (Å²) in [4.78, 5) is 58.9. The molecule has 4 aliphatic heterocycles. The van der Waals surface area contributed by atoms with E-state index < -0.39 is 54.2 Å². The van der Waals surface area contributed by atoms with E-state index in [0.29, 0.717) is 28.6 Å². The average molecular weight is 1060 g/mol. The number of methoxy groups -OCH3 is 1. The van der Waals surface area contributed by atoms with Gasteiger partial charge >= 0.3 is 0 Å². The third-order valence-electron chi connectivity index (χ3n) is 15.0. The highest BCUT2D eigenvalue weighted by atomic mass is 79.9. The van der Waals surface area contributed by atoms with Gasteiger partial charge in [0.05, 0.1) is 38.5 Å². The standard InChI is InChI=1S/C49H57BrClFN10O9/c1-25(63)41-33-16-29(12-15-34(33)62(60-41)22-40(64)61-21-31(52)17-35(61)46(67)57-38-5-3-4-36(50)55-38)30-19-53-45(54-20-30)28-8-6-26(7-9-28)27-10-13-32(14-11-27)69-23-49-24-70-47(71-49)42(43(65)44(49)66)59-48-56-37(51)18-39(58-48)68-2/h3-5,12,15-16,18-20,26-28,31-32,35-36,42-44,47,55,65-66H,6-11,13-14,17,21-24H2,1-2H3,(H,57,67)(H,56,58,59)/t26?,27?,28?,31-,32?,35+,36?,42-,43-,44-,47+,49+/m1/s1. The number of Topliss-reactive ketones (excluding diaryl/α,β-unsaturated/α-hetero) is 1. The van der Waals surface area contributed by atoms with E-state index in [2.05, 4.69) is 46.9 Å². The lowest BCUT2D eigenvalue weighted by Gasteiger charge is -2.43. The summed E-state index contributed by atoms with van der Waals surface area (Å²) in [6.07, 6.45) is 12.2. The van der Waals surface area contributed by atoms with Crippen LogP contribution < -0.4 is 20.7 Å². The first-order valence-electron chi connectivity index (χ1n) is 24.2. The number of ether oxygens (including phenoxy) is 4. The van der Waals surface area contributed by atoms with Crippen molar-refractivity contribution in [1.29, 1.82) is 0 Å². The molecule has 2 aliphatic carbocycles. The van der Waals surface area contributed by atoms with E-state index in [1.165, 1.54) is 29.7 Å². The number of amides is 2. The molecule has 19 nitrogen and oxygen atoms in total. The van der Waals surface area contributed by atoms with Crippen LogP contribution in [0.2, 0.25) is 5.15 Å². The van der Waals surface area contributed by atoms with Crippen LogP contribution in [-0.2, 0) is 30.3 Å². The number of halogens is 3. The van der Waals surface area contributed by atoms with Crippen molar-refractivity contribution in [3.05, 3.63) is 77.4 Å². The maximum Gasteiger partial charge on any atom is 0.248 e. The van der Waals surface area contributed by atoms with Crippen molar-refractivity contribution < 1.29 is 47.9 Å². The molecule has 6 aliphatic rings. The number of dihydropyridines is 1. The largest absolute Gasteiger partial charge is 0.481 e. The molecule has 378 valence electrons. The monoisotopic (exact) mass is 1060 g/mol. The van der Waals surface area contributed by atoms with Crippen LogP contribution in [0.3, 0.4) is 0 Å². The fourth-order valence-electron chi connectivity index (χ4n) is 11.1. The number of benzene rings is 1. The van der Waals surface area contributed by atoms with E-state index in [-0.39, 0.29) is 78.2 Å². The molecule has 7 heterocycles. The van der Waals surface area contributed by atoms with Crippen molar-refractivity contribution in [3.8, 4) is 17.0 Å². The Morgan fingerprint density at radius 1 is 1.03 bits per heavy atom. The Kier molecular flexibility index (Phi) is 14.4. The first kappa shape index (κ1) is 49.4. The summed E-state index contributed by atoms with van der Waals surface area (Å²) in [6.45, 7) is 1.08. The van der Waals surface area contributed by atoms with Gasteiger partial charge in [0.15, 0.2) is 12.1 Å². The molecule has 0 radical (unpaired) electrons. The topological polar surface area (TPSA) is 237 Å². The Bertz CT molecular complexity index is 2700. The molecule has 5 N–H and O–H groups in total. The quantitative estimate of drug-likeness (QED) is 0.0478. The van der Waals surface area contributed by atoms with Crippen LogP contribution in [0.25, 0.3) is 22.0 Å². The molecule has 8 atom stereocenters. The van der Waals surface area contributed by atoms with Gasteiger partial charge in [-0.1, -0.05) is 45.7 Å². The number of alkyl halides is 2. The molecular weight excluding hydrogens is 1010 g/mol. The minimum Gasteiger partial charge on any atom is -0.481 e. The second kappa shape index (κ2) is 20.8. The molecule has 0 spiro atoms. The number of nitrogens with zero attached hydrogens (tertiary/aromatic N) is 7. The Morgan fingerprint density at radius 3 is 2.49 bits per heavy atom. The zero-order valence-corrected chi connectivity index (χ0v) is 41.6. The Balaban J connectivity index is 0.702. The fraction of sp³-hybridized carbons (Fsp3) is 0.551. The average Bonchev–Trinajstić information content (AvgIpc) is 4.09. The lowest BCUT2D eigenvalue weighted by atomic mass is 9.70. The lowest BCUT2D eigenvalue weighted by molar-refractivity contribution is -0.234. The number of carbonyl (C=O) groups excluding carboxylic acids is 3. The van der Waals surface area contributed by atoms with Crippen LogP contribution in [-0.4, -0.2) is 143 Å². The SMILES string of the molecule is COc1cc(Cl)nc(N[C@H]2[C@H]3OC[C@](COC4CCC(C5CCC(c6ncc(-c7ccc8c(c7)c(C(C)=O)nn8CC(=O)N7C[C@H](F)C[C@H]7C(=O)NC7=CC=CC(Br)N7)cn6)CC5)CC4)(O3)[C@H](O)[C@@H]2O)n1. The van der Waals surface area contributed by atoms with Crippen LogP contribution in [0.4, 0.5) is 10.3 Å². The van der Waals surface area contributed by atoms with E-state index in [1.807, 2.05) is 30.6 Å². The van der Waals surface area contributed by atoms with Crippen molar-refractivity contribution in [2.75, 3.05) is 32.2 Å². The van der Waals surface area contributed by atoms with Gasteiger partial charge in [-0.3, -0.25) is 19.1 Å². The number of allylic oxidation sites excluding steroid dienone is 2. The normalized spacial score (nSPS) is 31.5. The second-order valence-electron chi connectivity index (χ2n) is 19.5. The highest BCUT2D eigenvalue weighted by molar-refractivity contribution is 9.09. The van der Waals surface area contributed by atoms with E-state index in [9.17, 15) is 29.0 Å². The predicted molar refractivity (Wildman–Crippen MR) is 260 cm³/mol. The number of likely N-dealkylation sites (tertiary alicyclic amines) is 1. The van der Waals surface area contributed by atoms with Crippen LogP contribution >= 0.6 is 27.5 Å². The Hall–Kier alpha value is -5.16. The molecule has 1 aromatic carbocycles. The van der Waals surface area contributed by atoms with Crippen LogP contribution in [0.1, 0.15) is 86.9 Å². The van der Waals surface area contributed by atoms with E-state index in [0.717, 1.165) is 68.3 Å². The third kappa shape index (κ3) is 10.4. The van der Waals surface area contributed by atoms with Gasteiger partial charge < -0.3 is 50.0 Å². The zero-order valence-electron chi connectivity index (χ0n) is 39.3. The molecule has 5 fully saturated rings. The molecule has 22 heteroatoms. The number of anilines is 1. The highest BCUT2D eigenvalue weighted by Crippen LogP contribution is 2.44. The van der Waals surface area contributed by atoms with Gasteiger partial charge in [-0.2, -0.15) is 10.1 Å². The van der Waals surface area contributed by atoms with E-state index >= 15 is 0 Å². The van der Waals surface area contributed by atoms with Crippen molar-refractivity contribution >= 4 is 62.0 Å². The van der Waals surface area contributed by atoms with Crippen LogP contribution in [0.5, 0.6) is 5.88 Å². The number of hydrogen-bond acceptors (Lipinski definition) is 16. The first-order valence-corrected chi connectivity index (χ1v) is 25.5. The predicted octanol–water partition coefficient (Wildman–Crippen LogP) is 5.10. The molecule has 3 saturated heterocycles. The summed E-state index contributed by atoms with van der Waals surface area (Å²) >= 11 is 9.51. The maximum atomic E-state index is 14.7. The summed E-state index contributed by atoms with van der Waals surface area (Å²) in [7, 11) is 1.46.